The number of likely N-dealkylation sites (tertiary alicyclic amines) is 1. The van der Waals surface area contributed by atoms with Crippen molar-refractivity contribution in [3.63, 3.8) is 0 Å². The van der Waals surface area contributed by atoms with Gasteiger partial charge in [-0.25, -0.2) is 4.79 Å². The lowest BCUT2D eigenvalue weighted by Crippen LogP contribution is -2.50. The first-order valence-corrected chi connectivity index (χ1v) is 12.8. The molecule has 1 N–H and O–H groups in total. The maximum absolute atomic E-state index is 13.0. The maximum atomic E-state index is 13.0. The molecular formula is C26H34Cl2N4O2. The van der Waals surface area contributed by atoms with Crippen molar-refractivity contribution < 1.29 is 9.53 Å². The van der Waals surface area contributed by atoms with Crippen molar-refractivity contribution in [3.05, 3.63) is 52.0 Å². The summed E-state index contributed by atoms with van der Waals surface area (Å²) in [6.45, 7) is 9.40. The van der Waals surface area contributed by atoms with E-state index in [2.05, 4.69) is 35.0 Å². The summed E-state index contributed by atoms with van der Waals surface area (Å²) in [5.74, 6) is 1.34. The van der Waals surface area contributed by atoms with Crippen LogP contribution in [0, 0.1) is 0 Å². The standard InChI is InChI=1S/C26H34Cl2N4O2/c1-18(2)30-8-6-19(7-9-30)24-17-22(4-5-25(24)34-3)29-26(33)32-12-10-31(11-13-32)23-15-20(27)14-21(28)16-23/h4-5,14-19H,6-13H2,1-3H3,(H,29,33). The zero-order valence-corrected chi connectivity index (χ0v) is 21.7. The van der Waals surface area contributed by atoms with Gasteiger partial charge in [-0.3, -0.25) is 0 Å². The molecule has 2 aliphatic heterocycles. The molecule has 2 amide bonds. The van der Waals surface area contributed by atoms with Crippen LogP contribution in [0.25, 0.3) is 0 Å². The minimum absolute atomic E-state index is 0.0745. The zero-order valence-electron chi connectivity index (χ0n) is 20.2. The summed E-state index contributed by atoms with van der Waals surface area (Å²) in [5, 5.41) is 4.34. The lowest BCUT2D eigenvalue weighted by Gasteiger charge is -2.36. The van der Waals surface area contributed by atoms with Crippen molar-refractivity contribution in [2.24, 2.45) is 0 Å². The summed E-state index contributed by atoms with van der Waals surface area (Å²) in [7, 11) is 1.72. The number of rotatable bonds is 5. The van der Waals surface area contributed by atoms with Crippen LogP contribution in [0.1, 0.15) is 38.2 Å². The van der Waals surface area contributed by atoms with Gasteiger partial charge in [0.25, 0.3) is 0 Å². The molecule has 2 heterocycles. The molecule has 184 valence electrons. The number of hydrogen-bond donors (Lipinski definition) is 1. The van der Waals surface area contributed by atoms with Gasteiger partial charge in [-0.2, -0.15) is 0 Å². The molecule has 0 saturated carbocycles. The first-order chi connectivity index (χ1) is 16.3. The Morgan fingerprint density at radius 3 is 2.21 bits per heavy atom. The fraction of sp³-hybridized carbons (Fsp3) is 0.500. The van der Waals surface area contributed by atoms with Gasteiger partial charge >= 0.3 is 6.03 Å². The predicted octanol–water partition coefficient (Wildman–Crippen LogP) is 5.94. The van der Waals surface area contributed by atoms with E-state index in [4.69, 9.17) is 27.9 Å². The Morgan fingerprint density at radius 2 is 1.62 bits per heavy atom. The molecular weight excluding hydrogens is 471 g/mol. The largest absolute Gasteiger partial charge is 0.496 e. The molecule has 4 rings (SSSR count). The number of nitrogens with one attached hydrogen (secondary N) is 1. The van der Waals surface area contributed by atoms with Crippen molar-refractivity contribution in [3.8, 4) is 5.75 Å². The number of carbonyl (C=O) groups excluding carboxylic acids is 1. The normalized spacial score (nSPS) is 17.8. The molecule has 0 atom stereocenters. The first-order valence-electron chi connectivity index (χ1n) is 12.0. The van der Waals surface area contributed by atoms with E-state index >= 15 is 0 Å². The molecule has 6 nitrogen and oxygen atoms in total. The first kappa shape index (κ1) is 25.0. The number of anilines is 2. The Bertz CT molecular complexity index is 980. The lowest BCUT2D eigenvalue weighted by atomic mass is 9.88. The Kier molecular flexibility index (Phi) is 8.12. The van der Waals surface area contributed by atoms with E-state index in [1.165, 1.54) is 5.56 Å². The number of halogens is 2. The van der Waals surface area contributed by atoms with E-state index in [0.717, 1.165) is 56.1 Å². The van der Waals surface area contributed by atoms with Gasteiger partial charge in [-0.1, -0.05) is 23.2 Å². The number of methoxy groups -OCH3 is 1. The highest BCUT2D eigenvalue weighted by Gasteiger charge is 2.26. The molecule has 0 unspecified atom stereocenters. The van der Waals surface area contributed by atoms with Gasteiger partial charge in [0.2, 0.25) is 0 Å². The highest BCUT2D eigenvalue weighted by atomic mass is 35.5. The molecule has 2 aromatic rings. The van der Waals surface area contributed by atoms with Crippen LogP contribution in [0.3, 0.4) is 0 Å². The van der Waals surface area contributed by atoms with Crippen LogP contribution in [0.4, 0.5) is 16.2 Å². The Morgan fingerprint density at radius 1 is 0.971 bits per heavy atom. The van der Waals surface area contributed by atoms with Gasteiger partial charge in [0.15, 0.2) is 0 Å². The second-order valence-electron chi connectivity index (χ2n) is 9.39. The summed E-state index contributed by atoms with van der Waals surface area (Å²) < 4.78 is 5.66. The molecule has 0 bridgehead atoms. The summed E-state index contributed by atoms with van der Waals surface area (Å²) in [5.41, 5.74) is 2.99. The van der Waals surface area contributed by atoms with Crippen LogP contribution in [-0.4, -0.2) is 68.3 Å². The van der Waals surface area contributed by atoms with Crippen LogP contribution < -0.4 is 15.0 Å². The molecule has 34 heavy (non-hydrogen) atoms. The van der Waals surface area contributed by atoms with E-state index < -0.39 is 0 Å². The molecule has 8 heteroatoms. The summed E-state index contributed by atoms with van der Waals surface area (Å²) in [4.78, 5) is 19.6. The monoisotopic (exact) mass is 504 g/mol. The number of ether oxygens (including phenoxy) is 1. The maximum Gasteiger partial charge on any atom is 0.321 e. The number of benzene rings is 2. The Labute approximate surface area is 212 Å². The molecule has 2 aromatic carbocycles. The molecule has 0 aliphatic carbocycles. The SMILES string of the molecule is COc1ccc(NC(=O)N2CCN(c3cc(Cl)cc(Cl)c3)CC2)cc1C1CCN(C(C)C)CC1. The number of hydrogen-bond acceptors (Lipinski definition) is 4. The van der Waals surface area contributed by atoms with Gasteiger partial charge in [0.1, 0.15) is 5.75 Å². The van der Waals surface area contributed by atoms with Crippen molar-refractivity contribution >= 4 is 40.6 Å². The van der Waals surface area contributed by atoms with Crippen LogP contribution in [0.2, 0.25) is 10.0 Å². The van der Waals surface area contributed by atoms with Gasteiger partial charge in [-0.05, 0) is 87.7 Å². The fourth-order valence-electron chi connectivity index (χ4n) is 4.95. The minimum Gasteiger partial charge on any atom is -0.496 e. The van der Waals surface area contributed by atoms with E-state index in [-0.39, 0.29) is 6.03 Å². The number of piperazine rings is 1. The van der Waals surface area contributed by atoms with Gasteiger partial charge < -0.3 is 24.8 Å². The van der Waals surface area contributed by atoms with Crippen molar-refractivity contribution in [2.75, 3.05) is 56.6 Å². The minimum atomic E-state index is -0.0745. The molecule has 0 spiro atoms. The van der Waals surface area contributed by atoms with Crippen LogP contribution in [-0.2, 0) is 0 Å². The average molecular weight is 505 g/mol. The lowest BCUT2D eigenvalue weighted by molar-refractivity contribution is 0.171. The average Bonchev–Trinajstić information content (AvgIpc) is 2.83. The quantitative estimate of drug-likeness (QED) is 0.546. The predicted molar refractivity (Wildman–Crippen MR) is 141 cm³/mol. The van der Waals surface area contributed by atoms with Crippen molar-refractivity contribution in [1.29, 1.82) is 0 Å². The molecule has 2 fully saturated rings. The molecule has 2 saturated heterocycles. The van der Waals surface area contributed by atoms with Crippen molar-refractivity contribution in [2.45, 2.75) is 38.6 Å². The van der Waals surface area contributed by atoms with E-state index in [0.29, 0.717) is 35.1 Å². The van der Waals surface area contributed by atoms with Crippen LogP contribution >= 0.6 is 23.2 Å². The highest BCUT2D eigenvalue weighted by molar-refractivity contribution is 6.35. The second kappa shape index (κ2) is 11.1. The van der Waals surface area contributed by atoms with Gasteiger partial charge in [0, 0.05) is 53.6 Å². The molecule has 2 aliphatic rings. The van der Waals surface area contributed by atoms with E-state index in [9.17, 15) is 4.79 Å². The second-order valence-corrected chi connectivity index (χ2v) is 10.3. The number of carbonyl (C=O) groups is 1. The smallest absolute Gasteiger partial charge is 0.321 e. The number of amides is 2. The van der Waals surface area contributed by atoms with Crippen LogP contribution in [0.15, 0.2) is 36.4 Å². The summed E-state index contributed by atoms with van der Waals surface area (Å²) in [6, 6.07) is 12.0. The third-order valence-electron chi connectivity index (χ3n) is 6.96. The van der Waals surface area contributed by atoms with E-state index in [1.54, 1.807) is 13.2 Å². The number of nitrogens with zero attached hydrogens (tertiary/aromatic N) is 3. The summed E-state index contributed by atoms with van der Waals surface area (Å²) >= 11 is 12.3. The Hall–Kier alpha value is -2.15. The third-order valence-corrected chi connectivity index (χ3v) is 7.40. The number of piperidine rings is 1. The number of urea groups is 1. The topological polar surface area (TPSA) is 48.1 Å². The third kappa shape index (κ3) is 5.91. The zero-order chi connectivity index (χ0) is 24.2. The molecule has 0 radical (unpaired) electrons. The van der Waals surface area contributed by atoms with Gasteiger partial charge in [0.05, 0.1) is 7.11 Å². The fourth-order valence-corrected chi connectivity index (χ4v) is 5.46. The van der Waals surface area contributed by atoms with Gasteiger partial charge in [-0.15, -0.1) is 0 Å². The van der Waals surface area contributed by atoms with Crippen molar-refractivity contribution in [1.82, 2.24) is 9.80 Å². The highest BCUT2D eigenvalue weighted by Crippen LogP contribution is 2.36. The Balaban J connectivity index is 1.37. The van der Waals surface area contributed by atoms with E-state index in [1.807, 2.05) is 29.2 Å². The van der Waals surface area contributed by atoms with Crippen LogP contribution in [0.5, 0.6) is 5.75 Å². The summed E-state index contributed by atoms with van der Waals surface area (Å²) in [6.07, 6.45) is 2.20. The molecule has 0 aromatic heterocycles.